The van der Waals surface area contributed by atoms with Crippen LogP contribution in [-0.4, -0.2) is 71.0 Å². The van der Waals surface area contributed by atoms with Gasteiger partial charge in [-0.15, -0.1) is 0 Å². The third kappa shape index (κ3) is 12.0. The molecule has 0 saturated heterocycles. The molecule has 0 unspecified atom stereocenters. The Morgan fingerprint density at radius 2 is 1.65 bits per heavy atom. The van der Waals surface area contributed by atoms with Crippen LogP contribution in [0.3, 0.4) is 0 Å². The summed E-state index contributed by atoms with van der Waals surface area (Å²) in [6, 6.07) is 12.8. The first-order chi connectivity index (χ1) is 27.1. The van der Waals surface area contributed by atoms with Crippen molar-refractivity contribution in [2.45, 2.75) is 69.1 Å². The minimum atomic E-state index is -1.14. The smallest absolute Gasteiger partial charge is 0.328 e. The Bertz CT molecular complexity index is 2160. The van der Waals surface area contributed by atoms with Gasteiger partial charge in [0.15, 0.2) is 6.10 Å². The number of ether oxygens (including phenoxy) is 3. The monoisotopic (exact) mass is 816 g/mol. The fraction of sp³-hybridized carbons (Fsp3) is 0.333. The van der Waals surface area contributed by atoms with Gasteiger partial charge < -0.3 is 41.1 Å². The van der Waals surface area contributed by atoms with Crippen molar-refractivity contribution < 1.29 is 37.8 Å². The van der Waals surface area contributed by atoms with Crippen LogP contribution in [0, 0.1) is 23.8 Å². The number of carbonyl (C=O) groups excluding carboxylic acids is 4. The minimum Gasteiger partial charge on any atom is -0.490 e. The quantitative estimate of drug-likeness (QED) is 0.0587. The van der Waals surface area contributed by atoms with Crippen molar-refractivity contribution in [2.75, 3.05) is 18.9 Å². The second-order valence-electron chi connectivity index (χ2n) is 13.0. The Morgan fingerprint density at radius 1 is 0.982 bits per heavy atom. The molecular weight excluding hydrogens is 776 g/mol. The Labute approximate surface area is 338 Å². The summed E-state index contributed by atoms with van der Waals surface area (Å²) in [7, 11) is 0. The molecule has 4 aromatic rings. The van der Waals surface area contributed by atoms with Crippen LogP contribution in [0.5, 0.6) is 5.75 Å². The van der Waals surface area contributed by atoms with Crippen LogP contribution in [0.15, 0.2) is 64.2 Å². The van der Waals surface area contributed by atoms with Crippen LogP contribution >= 0.6 is 23.4 Å². The van der Waals surface area contributed by atoms with Crippen molar-refractivity contribution in [1.82, 2.24) is 15.3 Å². The van der Waals surface area contributed by atoms with Gasteiger partial charge in [0, 0.05) is 28.3 Å². The average molecular weight is 817 g/mol. The molecule has 298 valence electrons. The molecule has 18 heteroatoms. The number of thioether (sulfide) groups is 1. The van der Waals surface area contributed by atoms with Gasteiger partial charge in [-0.05, 0) is 62.7 Å². The number of nitriles is 1. The van der Waals surface area contributed by atoms with Crippen molar-refractivity contribution in [3.8, 4) is 34.4 Å². The molecule has 16 nitrogen and oxygen atoms in total. The lowest BCUT2D eigenvalue weighted by molar-refractivity contribution is -0.164. The number of carbonyl (C=O) groups is 4. The summed E-state index contributed by atoms with van der Waals surface area (Å²) in [4.78, 5) is 62.1. The molecule has 0 fully saturated rings. The predicted molar refractivity (Wildman–Crippen MR) is 212 cm³/mol. The van der Waals surface area contributed by atoms with Gasteiger partial charge in [-0.3, -0.25) is 14.4 Å². The van der Waals surface area contributed by atoms with Crippen molar-refractivity contribution >= 4 is 58.5 Å². The van der Waals surface area contributed by atoms with Crippen LogP contribution in [0.4, 0.5) is 11.5 Å². The number of nitrogens with zero attached hydrogens (tertiary/aromatic N) is 4. The third-order valence-electron chi connectivity index (χ3n) is 8.21. The van der Waals surface area contributed by atoms with E-state index in [0.29, 0.717) is 27.9 Å². The van der Waals surface area contributed by atoms with Crippen LogP contribution in [0.25, 0.3) is 27.4 Å². The number of amides is 1. The number of aromatic nitrogens is 2. The fourth-order valence-electron chi connectivity index (χ4n) is 5.00. The number of pyridine rings is 1. The van der Waals surface area contributed by atoms with Gasteiger partial charge in [0.2, 0.25) is 17.5 Å². The number of halogens is 1. The van der Waals surface area contributed by atoms with Crippen LogP contribution in [0.1, 0.15) is 45.4 Å². The van der Waals surface area contributed by atoms with Crippen LogP contribution < -0.4 is 27.3 Å². The van der Waals surface area contributed by atoms with Crippen molar-refractivity contribution in [2.24, 2.45) is 17.4 Å². The molecule has 4 rings (SSSR count). The summed E-state index contributed by atoms with van der Waals surface area (Å²) in [6.07, 6.45) is 0.226. The Kier molecular flexibility index (Phi) is 15.5. The van der Waals surface area contributed by atoms with E-state index in [4.69, 9.17) is 54.0 Å². The molecular formula is C39H41ClN8O8S. The number of anilines is 1. The SMILES string of the molecule is [C-]#[N+]c1c(N)nc(SCc2coc(-c3ccc(Cl)cc3)n2)c(C#N)c1-c1ccc(OC[C@@H](COC(=O)[C@@H](C)CC(=O)[C@@H](C)N)OC(=O)[C@@H](C)NC(=O)[C@@H](C)N)cc1. The zero-order valence-corrected chi connectivity index (χ0v) is 33.1. The molecule has 0 radical (unpaired) electrons. The topological polar surface area (TPSA) is 253 Å². The highest BCUT2D eigenvalue weighted by atomic mass is 35.5. The van der Waals surface area contributed by atoms with Crippen molar-refractivity contribution in [3.05, 3.63) is 82.5 Å². The van der Waals surface area contributed by atoms with Gasteiger partial charge in [-0.25, -0.2) is 19.6 Å². The number of hydrogen-bond acceptors (Lipinski definition) is 15. The van der Waals surface area contributed by atoms with Crippen LogP contribution in [0.2, 0.25) is 5.02 Å². The van der Waals surface area contributed by atoms with Gasteiger partial charge in [0.25, 0.3) is 0 Å². The largest absolute Gasteiger partial charge is 0.490 e. The standard InChI is InChI=1S/C39H41ClN8O8S/c1-20(14-31(49)21(2)42)38(51)55-18-29(56-39(52)23(4)46-35(50)22(3)43)17-53-28-12-8-24(9-13-28)32-30(15-41)37(48-34(44)33(32)45-5)57-19-27-16-54-36(47-27)25-6-10-26(40)11-7-25/h6-13,16,20-23,29H,14,17-19,42-43H2,1-4H3,(H2,44,48)(H,46,50)/t20-,21+,22+,23+,29-/m0/s1. The lowest BCUT2D eigenvalue weighted by atomic mass is 10.00. The number of rotatable bonds is 18. The normalized spacial score (nSPS) is 13.5. The molecule has 57 heavy (non-hydrogen) atoms. The van der Waals surface area contributed by atoms with E-state index in [2.05, 4.69) is 26.2 Å². The number of benzene rings is 2. The van der Waals surface area contributed by atoms with E-state index < -0.39 is 54.6 Å². The molecule has 5 atom stereocenters. The highest BCUT2D eigenvalue weighted by Gasteiger charge is 2.27. The first-order valence-corrected chi connectivity index (χ1v) is 18.9. The van der Waals surface area contributed by atoms with E-state index in [1.165, 1.54) is 45.7 Å². The number of ketones is 1. The van der Waals surface area contributed by atoms with Gasteiger partial charge in [-0.1, -0.05) is 42.4 Å². The van der Waals surface area contributed by atoms with Gasteiger partial charge in [0.1, 0.15) is 54.0 Å². The van der Waals surface area contributed by atoms with E-state index in [1.807, 2.05) is 0 Å². The molecule has 0 saturated carbocycles. The maximum atomic E-state index is 12.9. The summed E-state index contributed by atoms with van der Waals surface area (Å²) in [5.41, 5.74) is 19.6. The number of oxazole rings is 1. The lowest BCUT2D eigenvalue weighted by Gasteiger charge is -2.22. The third-order valence-corrected chi connectivity index (χ3v) is 9.47. The molecule has 0 aliphatic carbocycles. The number of hydrogen-bond donors (Lipinski definition) is 4. The maximum Gasteiger partial charge on any atom is 0.328 e. The van der Waals surface area contributed by atoms with E-state index in [1.54, 1.807) is 48.5 Å². The highest BCUT2D eigenvalue weighted by Crippen LogP contribution is 2.42. The molecule has 7 N–H and O–H groups in total. The fourth-order valence-corrected chi connectivity index (χ4v) is 5.99. The number of Topliss-reactive ketones (excluding diaryl/α,β-unsaturated/α-hetero) is 1. The van der Waals surface area contributed by atoms with Crippen LogP contribution in [-0.2, 0) is 34.4 Å². The van der Waals surface area contributed by atoms with E-state index in [9.17, 15) is 24.4 Å². The molecule has 0 spiro atoms. The number of nitrogen functional groups attached to an aromatic ring is 1. The first kappa shape index (κ1) is 43.7. The minimum absolute atomic E-state index is 0.00749. The number of nitrogens with two attached hydrogens (primary N) is 3. The molecule has 2 heterocycles. The number of esters is 2. The highest BCUT2D eigenvalue weighted by molar-refractivity contribution is 7.98. The average Bonchev–Trinajstić information content (AvgIpc) is 3.66. The van der Waals surface area contributed by atoms with Crippen molar-refractivity contribution in [1.29, 1.82) is 5.26 Å². The van der Waals surface area contributed by atoms with Gasteiger partial charge in [0.05, 0.1) is 35.8 Å². The molecule has 2 aromatic heterocycles. The Morgan fingerprint density at radius 3 is 2.26 bits per heavy atom. The zero-order chi connectivity index (χ0) is 41.8. The maximum absolute atomic E-state index is 12.9. The van der Waals surface area contributed by atoms with E-state index >= 15 is 0 Å². The molecule has 1 amide bonds. The van der Waals surface area contributed by atoms with Gasteiger partial charge in [-0.2, -0.15) is 5.26 Å². The summed E-state index contributed by atoms with van der Waals surface area (Å²) in [6.45, 7) is 13.0. The molecule has 2 aromatic carbocycles. The number of nitrogens with one attached hydrogen (secondary N) is 1. The van der Waals surface area contributed by atoms with Crippen molar-refractivity contribution in [3.63, 3.8) is 0 Å². The summed E-state index contributed by atoms with van der Waals surface area (Å²) in [5.74, 6) is -2.35. The summed E-state index contributed by atoms with van der Waals surface area (Å²) >= 11 is 7.19. The molecule has 0 aliphatic rings. The molecule has 0 aliphatic heterocycles. The van der Waals surface area contributed by atoms with E-state index in [-0.39, 0.29) is 52.2 Å². The second kappa shape index (κ2) is 20.3. The predicted octanol–water partition coefficient (Wildman–Crippen LogP) is 4.98. The van der Waals surface area contributed by atoms with E-state index in [0.717, 1.165) is 5.56 Å². The lowest BCUT2D eigenvalue weighted by Crippen LogP contribution is -2.47. The first-order valence-electron chi connectivity index (χ1n) is 17.5. The Balaban J connectivity index is 1.50. The van der Waals surface area contributed by atoms with Gasteiger partial charge >= 0.3 is 11.9 Å². The summed E-state index contributed by atoms with van der Waals surface area (Å²) in [5, 5.41) is 13.6. The Hall–Kier alpha value is -5.98. The zero-order valence-electron chi connectivity index (χ0n) is 31.5. The molecule has 0 bridgehead atoms. The second-order valence-corrected chi connectivity index (χ2v) is 14.4. The summed E-state index contributed by atoms with van der Waals surface area (Å²) < 4.78 is 22.4.